The first-order valence-corrected chi connectivity index (χ1v) is 12.2. The van der Waals surface area contributed by atoms with Crippen LogP contribution in [0, 0.1) is 5.41 Å². The average Bonchev–Trinajstić information content (AvgIpc) is 3.23. The Labute approximate surface area is 215 Å². The molecule has 0 unspecified atom stereocenters. The topological polar surface area (TPSA) is 139 Å². The number of esters is 1. The molecule has 1 amide bonds. The van der Waals surface area contributed by atoms with E-state index >= 15 is 0 Å². The van der Waals surface area contributed by atoms with E-state index in [1.54, 1.807) is 31.2 Å². The molecule has 1 aliphatic rings. The molecule has 0 bridgehead atoms. The third-order valence-corrected chi connectivity index (χ3v) is 6.07. The van der Waals surface area contributed by atoms with Crippen molar-refractivity contribution in [2.24, 2.45) is 17.8 Å². The zero-order valence-corrected chi connectivity index (χ0v) is 21.0. The number of hydrogen-bond donors (Lipinski definition) is 3. The molecule has 0 radical (unpaired) electrons. The highest BCUT2D eigenvalue weighted by Gasteiger charge is 2.23. The van der Waals surface area contributed by atoms with E-state index in [4.69, 9.17) is 20.9 Å². The molecular formula is C27H31N7O3. The molecule has 4 rings (SSSR count). The molecule has 2 heterocycles. The summed E-state index contributed by atoms with van der Waals surface area (Å²) in [5.41, 5.74) is 9.13. The number of fused-ring (bicyclic) bond motifs is 1. The number of nitrogens with one attached hydrogen (secondary N) is 2. The highest BCUT2D eigenvalue weighted by Crippen LogP contribution is 2.20. The van der Waals surface area contributed by atoms with Crippen LogP contribution in [0.25, 0.3) is 11.0 Å². The van der Waals surface area contributed by atoms with Gasteiger partial charge in [0.05, 0.1) is 30.6 Å². The number of amidine groups is 2. The zero-order valence-electron chi connectivity index (χ0n) is 21.0. The summed E-state index contributed by atoms with van der Waals surface area (Å²) in [6.07, 6.45) is 4.70. The number of carbonyl (C=O) groups is 2. The molecule has 192 valence electrons. The van der Waals surface area contributed by atoms with Crippen molar-refractivity contribution in [2.45, 2.75) is 26.3 Å². The van der Waals surface area contributed by atoms with Gasteiger partial charge < -0.3 is 20.4 Å². The van der Waals surface area contributed by atoms with E-state index in [1.165, 1.54) is 4.90 Å². The van der Waals surface area contributed by atoms with Crippen molar-refractivity contribution in [2.75, 3.05) is 25.0 Å². The van der Waals surface area contributed by atoms with Crippen LogP contribution < -0.4 is 11.1 Å². The number of imidazole rings is 1. The first-order valence-electron chi connectivity index (χ1n) is 12.2. The van der Waals surface area contributed by atoms with Gasteiger partial charge in [0.25, 0.3) is 5.91 Å². The van der Waals surface area contributed by atoms with Crippen LogP contribution in [0.15, 0.2) is 59.6 Å². The Kier molecular flexibility index (Phi) is 7.97. The lowest BCUT2D eigenvalue weighted by molar-refractivity contribution is -0.143. The van der Waals surface area contributed by atoms with Crippen molar-refractivity contribution in [1.29, 1.82) is 5.41 Å². The van der Waals surface area contributed by atoms with Crippen LogP contribution in [0.4, 0.5) is 5.69 Å². The van der Waals surface area contributed by atoms with E-state index in [0.717, 1.165) is 23.4 Å². The molecule has 0 spiro atoms. The van der Waals surface area contributed by atoms with Gasteiger partial charge in [-0.25, -0.2) is 4.98 Å². The summed E-state index contributed by atoms with van der Waals surface area (Å²) in [6, 6.07) is 12.7. The van der Waals surface area contributed by atoms with Gasteiger partial charge in [0.2, 0.25) is 0 Å². The van der Waals surface area contributed by atoms with E-state index < -0.39 is 0 Å². The highest BCUT2D eigenvalue weighted by atomic mass is 16.5. The fourth-order valence-electron chi connectivity index (χ4n) is 4.07. The van der Waals surface area contributed by atoms with Gasteiger partial charge in [-0.1, -0.05) is 6.08 Å². The number of aliphatic imine (C=N–C) groups is 1. The Morgan fingerprint density at radius 2 is 1.95 bits per heavy atom. The highest BCUT2D eigenvalue weighted by molar-refractivity contribution is 6.11. The lowest BCUT2D eigenvalue weighted by Gasteiger charge is -2.24. The molecule has 0 fully saturated rings. The van der Waals surface area contributed by atoms with Crippen molar-refractivity contribution in [3.05, 3.63) is 71.6 Å². The monoisotopic (exact) mass is 501 g/mol. The van der Waals surface area contributed by atoms with Gasteiger partial charge in [-0.15, -0.1) is 0 Å². The van der Waals surface area contributed by atoms with Gasteiger partial charge in [0.1, 0.15) is 17.5 Å². The fraction of sp³-hybridized carbons (Fsp3) is 0.296. The summed E-state index contributed by atoms with van der Waals surface area (Å²) in [5, 5.41) is 10.8. The normalized spacial score (nSPS) is 12.8. The van der Waals surface area contributed by atoms with Gasteiger partial charge in [-0.3, -0.25) is 24.9 Å². The lowest BCUT2D eigenvalue weighted by Crippen LogP contribution is -2.38. The molecule has 4 N–H and O–H groups in total. The van der Waals surface area contributed by atoms with E-state index in [-0.39, 0.29) is 30.7 Å². The molecule has 1 aliphatic heterocycles. The first-order chi connectivity index (χ1) is 17.9. The largest absolute Gasteiger partial charge is 0.466 e. The van der Waals surface area contributed by atoms with Crippen molar-refractivity contribution in [3.8, 4) is 0 Å². The minimum absolute atomic E-state index is 0.0262. The van der Waals surface area contributed by atoms with E-state index in [0.29, 0.717) is 42.2 Å². The molecule has 0 aliphatic carbocycles. The number of carbonyl (C=O) groups excluding carboxylic acids is 2. The summed E-state index contributed by atoms with van der Waals surface area (Å²) in [7, 11) is 1.93. The fourth-order valence-corrected chi connectivity index (χ4v) is 4.07. The molecule has 0 atom stereocenters. The number of benzene rings is 2. The standard InChI is InChI=1S/C27H31N7O3/c1-3-37-25(35)13-15-34(23-6-4-5-14-30-23)27(36)19-9-12-22-21(16-19)32-24(33(22)2)17-31-20-10-7-18(8-11-20)26(28)29/h4,6-12,16,31H,3,5,13-15,17H2,1-2H3,(H3,28,29). The Morgan fingerprint density at radius 1 is 1.19 bits per heavy atom. The Morgan fingerprint density at radius 3 is 2.62 bits per heavy atom. The molecule has 0 saturated carbocycles. The number of aryl methyl sites for hydroxylation is 1. The second kappa shape index (κ2) is 11.5. The summed E-state index contributed by atoms with van der Waals surface area (Å²) < 4.78 is 7.02. The summed E-state index contributed by atoms with van der Waals surface area (Å²) in [6.45, 7) is 3.30. The van der Waals surface area contributed by atoms with E-state index in [1.807, 2.05) is 42.0 Å². The van der Waals surface area contributed by atoms with Crippen LogP contribution >= 0.6 is 0 Å². The first kappa shape index (κ1) is 25.6. The molecule has 10 heteroatoms. The van der Waals surface area contributed by atoms with Crippen LogP contribution in [0.2, 0.25) is 0 Å². The number of anilines is 1. The second-order valence-corrected chi connectivity index (χ2v) is 8.58. The molecular weight excluding hydrogens is 470 g/mol. The molecule has 3 aromatic rings. The molecule has 2 aromatic carbocycles. The van der Waals surface area contributed by atoms with Crippen LogP contribution in [0.1, 0.15) is 41.5 Å². The maximum Gasteiger partial charge on any atom is 0.307 e. The molecule has 37 heavy (non-hydrogen) atoms. The Hall–Kier alpha value is -4.47. The molecule has 1 aromatic heterocycles. The zero-order chi connectivity index (χ0) is 26.4. The van der Waals surface area contributed by atoms with Crippen LogP contribution in [0.5, 0.6) is 0 Å². The number of aromatic nitrogens is 2. The Balaban J connectivity index is 1.53. The van der Waals surface area contributed by atoms with Crippen LogP contribution in [0.3, 0.4) is 0 Å². The number of nitrogen functional groups attached to an aromatic ring is 1. The van der Waals surface area contributed by atoms with E-state index in [9.17, 15) is 9.59 Å². The average molecular weight is 502 g/mol. The minimum atomic E-state index is -0.353. The van der Waals surface area contributed by atoms with Crippen molar-refractivity contribution < 1.29 is 14.3 Å². The Bertz CT molecular complexity index is 1370. The van der Waals surface area contributed by atoms with Crippen molar-refractivity contribution in [1.82, 2.24) is 14.5 Å². The van der Waals surface area contributed by atoms with Crippen LogP contribution in [-0.2, 0) is 23.1 Å². The van der Waals surface area contributed by atoms with Gasteiger partial charge in [-0.2, -0.15) is 0 Å². The van der Waals surface area contributed by atoms with Crippen LogP contribution in [-0.4, -0.2) is 57.7 Å². The number of hydrogen-bond acceptors (Lipinski definition) is 7. The quantitative estimate of drug-likeness (QED) is 0.234. The maximum absolute atomic E-state index is 13.5. The van der Waals surface area contributed by atoms with Crippen molar-refractivity contribution in [3.63, 3.8) is 0 Å². The number of nitrogens with two attached hydrogens (primary N) is 1. The predicted octanol–water partition coefficient (Wildman–Crippen LogP) is 3.22. The minimum Gasteiger partial charge on any atom is -0.466 e. The third kappa shape index (κ3) is 6.03. The number of rotatable bonds is 9. The molecule has 0 saturated heterocycles. The number of nitrogens with zero attached hydrogens (tertiary/aromatic N) is 4. The van der Waals surface area contributed by atoms with Crippen molar-refractivity contribution >= 4 is 40.3 Å². The van der Waals surface area contributed by atoms with Gasteiger partial charge in [0, 0.05) is 37.0 Å². The third-order valence-electron chi connectivity index (χ3n) is 6.07. The lowest BCUT2D eigenvalue weighted by atomic mass is 10.1. The number of dihydropyridines is 1. The van der Waals surface area contributed by atoms with E-state index in [2.05, 4.69) is 10.3 Å². The number of amides is 1. The molecule has 10 nitrogen and oxygen atoms in total. The summed E-state index contributed by atoms with van der Waals surface area (Å²) >= 11 is 0. The van der Waals surface area contributed by atoms with Gasteiger partial charge >= 0.3 is 5.97 Å². The summed E-state index contributed by atoms with van der Waals surface area (Å²) in [5.74, 6) is 0.774. The number of ether oxygens (including phenoxy) is 1. The predicted molar refractivity (Wildman–Crippen MR) is 144 cm³/mol. The SMILES string of the molecule is CCOC(=O)CCN(C(=O)c1ccc2c(c1)nc(CNc1ccc(C(=N)N)cc1)n2C)C1=NCCC=C1. The second-order valence-electron chi connectivity index (χ2n) is 8.58. The van der Waals surface area contributed by atoms with Gasteiger partial charge in [-0.05, 0) is 61.9 Å². The summed E-state index contributed by atoms with van der Waals surface area (Å²) in [4.78, 5) is 36.2. The smallest absolute Gasteiger partial charge is 0.307 e. The van der Waals surface area contributed by atoms with Gasteiger partial charge in [0.15, 0.2) is 0 Å². The maximum atomic E-state index is 13.5.